The van der Waals surface area contributed by atoms with Gasteiger partial charge in [-0.2, -0.15) is 0 Å². The van der Waals surface area contributed by atoms with Crippen molar-refractivity contribution in [1.82, 2.24) is 14.6 Å². The predicted molar refractivity (Wildman–Crippen MR) is 135 cm³/mol. The van der Waals surface area contributed by atoms with Gasteiger partial charge >= 0.3 is 5.97 Å². The number of carboxylic acid groups (broad SMARTS) is 1. The Morgan fingerprint density at radius 3 is 2.34 bits per heavy atom. The number of nitrogens with one attached hydrogen (secondary N) is 1. The number of rotatable bonds is 8. The number of carbonyl (C=O) groups excluding carboxylic acids is 2. The van der Waals surface area contributed by atoms with Gasteiger partial charge in [0.25, 0.3) is 5.91 Å². The molecule has 0 bridgehead atoms. The van der Waals surface area contributed by atoms with Gasteiger partial charge in [-0.25, -0.2) is 0 Å². The lowest BCUT2D eigenvalue weighted by atomic mass is 9.89. The maximum atomic E-state index is 13.6. The van der Waals surface area contributed by atoms with E-state index in [1.807, 2.05) is 29.5 Å². The van der Waals surface area contributed by atoms with Crippen molar-refractivity contribution >= 4 is 23.2 Å². The summed E-state index contributed by atoms with van der Waals surface area (Å²) >= 11 is 0. The Kier molecular flexibility index (Phi) is 7.36. The maximum Gasteiger partial charge on any atom is 0.323 e. The van der Waals surface area contributed by atoms with Crippen LogP contribution in [0.5, 0.6) is 0 Å². The first-order valence-electron chi connectivity index (χ1n) is 12.3. The van der Waals surface area contributed by atoms with Gasteiger partial charge in [0, 0.05) is 28.9 Å². The third-order valence-corrected chi connectivity index (χ3v) is 6.87. The zero-order valence-electron chi connectivity index (χ0n) is 20.6. The van der Waals surface area contributed by atoms with E-state index in [4.69, 9.17) is 0 Å². The molecule has 2 N–H and O–H groups in total. The fraction of sp³-hybridized carbons (Fsp3) is 0.393. The fourth-order valence-corrected chi connectivity index (χ4v) is 4.89. The predicted octanol–water partition coefficient (Wildman–Crippen LogP) is 4.13. The zero-order chi connectivity index (χ0) is 25.1. The van der Waals surface area contributed by atoms with E-state index >= 15 is 0 Å². The molecule has 1 saturated heterocycles. The van der Waals surface area contributed by atoms with Crippen molar-refractivity contribution in [2.24, 2.45) is 0 Å². The lowest BCUT2D eigenvalue weighted by Gasteiger charge is -2.25. The van der Waals surface area contributed by atoms with E-state index in [2.05, 4.69) is 17.4 Å². The van der Waals surface area contributed by atoms with Crippen LogP contribution in [-0.2, 0) is 11.2 Å². The summed E-state index contributed by atoms with van der Waals surface area (Å²) in [6, 6.07) is 13.1. The van der Waals surface area contributed by atoms with Crippen molar-refractivity contribution in [2.45, 2.75) is 52.0 Å². The second-order valence-electron chi connectivity index (χ2n) is 9.48. The molecule has 0 radical (unpaired) electrons. The van der Waals surface area contributed by atoms with Gasteiger partial charge in [0.1, 0.15) is 6.54 Å². The van der Waals surface area contributed by atoms with E-state index in [1.54, 1.807) is 32.2 Å². The molecule has 0 atom stereocenters. The number of hydrogen-bond donors (Lipinski definition) is 2. The number of carbonyl (C=O) groups is 3. The topological polar surface area (TPSA) is 91.1 Å². The summed E-state index contributed by atoms with van der Waals surface area (Å²) in [6.45, 7) is 7.28. The van der Waals surface area contributed by atoms with Gasteiger partial charge in [0.15, 0.2) is 0 Å². The van der Waals surface area contributed by atoms with E-state index in [0.717, 1.165) is 37.0 Å². The molecule has 3 aromatic rings. The summed E-state index contributed by atoms with van der Waals surface area (Å²) in [5, 5.41) is 12.6. The van der Waals surface area contributed by atoms with Gasteiger partial charge in [-0.15, -0.1) is 0 Å². The number of aromatic nitrogens is 1. The van der Waals surface area contributed by atoms with Crippen LogP contribution in [0.4, 0.5) is 0 Å². The van der Waals surface area contributed by atoms with Crippen molar-refractivity contribution < 1.29 is 19.5 Å². The van der Waals surface area contributed by atoms with Crippen LogP contribution in [0.1, 0.15) is 77.1 Å². The van der Waals surface area contributed by atoms with Crippen molar-refractivity contribution in [3.63, 3.8) is 0 Å². The highest BCUT2D eigenvalue weighted by Crippen LogP contribution is 2.27. The summed E-state index contributed by atoms with van der Waals surface area (Å²) in [7, 11) is 0. The number of hydrogen-bond acceptors (Lipinski definition) is 4. The summed E-state index contributed by atoms with van der Waals surface area (Å²) in [4.78, 5) is 39.1. The third kappa shape index (κ3) is 5.15. The van der Waals surface area contributed by atoms with Crippen LogP contribution in [-0.4, -0.2) is 57.7 Å². The smallest absolute Gasteiger partial charge is 0.323 e. The molecule has 1 amide bonds. The van der Waals surface area contributed by atoms with Crippen LogP contribution in [0.25, 0.3) is 5.52 Å². The number of aliphatic carboxylic acids is 1. The zero-order valence-corrected chi connectivity index (χ0v) is 20.6. The monoisotopic (exact) mass is 475 g/mol. The number of amides is 1. The van der Waals surface area contributed by atoms with Gasteiger partial charge < -0.3 is 19.7 Å². The van der Waals surface area contributed by atoms with Crippen molar-refractivity contribution in [3.8, 4) is 0 Å². The highest BCUT2D eigenvalue weighted by molar-refractivity contribution is 6.10. The van der Waals surface area contributed by atoms with Gasteiger partial charge in [-0.1, -0.05) is 31.2 Å². The summed E-state index contributed by atoms with van der Waals surface area (Å²) in [6.07, 6.45) is 4.63. The number of aryl methyl sites for hydroxylation is 1. The van der Waals surface area contributed by atoms with E-state index in [9.17, 15) is 19.5 Å². The first kappa shape index (κ1) is 24.7. The maximum absolute atomic E-state index is 13.6. The Morgan fingerprint density at radius 2 is 1.74 bits per heavy atom. The summed E-state index contributed by atoms with van der Waals surface area (Å²) in [5.41, 5.74) is 4.57. The number of fused-ring (bicyclic) bond motifs is 1. The van der Waals surface area contributed by atoms with Crippen molar-refractivity contribution in [2.75, 3.05) is 19.6 Å². The molecular weight excluding hydrogens is 442 g/mol. The highest BCUT2D eigenvalue weighted by atomic mass is 16.4. The molecule has 1 aliphatic heterocycles. The van der Waals surface area contributed by atoms with Crippen LogP contribution in [0.2, 0.25) is 0 Å². The molecule has 1 fully saturated rings. The molecule has 35 heavy (non-hydrogen) atoms. The molecule has 0 spiro atoms. The minimum atomic E-state index is -1.05. The lowest BCUT2D eigenvalue weighted by Crippen LogP contribution is -2.40. The number of piperidine rings is 1. The van der Waals surface area contributed by atoms with Gasteiger partial charge in [-0.3, -0.25) is 14.4 Å². The molecule has 0 saturated carbocycles. The Labute approximate surface area is 205 Å². The van der Waals surface area contributed by atoms with E-state index in [0.29, 0.717) is 29.2 Å². The molecule has 3 heterocycles. The molecule has 0 unspecified atom stereocenters. The summed E-state index contributed by atoms with van der Waals surface area (Å²) in [5.74, 6) is -0.913. The average molecular weight is 476 g/mol. The number of carboxylic acids is 1. The average Bonchev–Trinajstić information content (AvgIpc) is 3.24. The molecule has 7 heteroatoms. The minimum Gasteiger partial charge on any atom is -0.480 e. The Morgan fingerprint density at radius 1 is 1.06 bits per heavy atom. The van der Waals surface area contributed by atoms with Crippen LogP contribution < -0.4 is 5.32 Å². The Bertz CT molecular complexity index is 1240. The third-order valence-electron chi connectivity index (χ3n) is 6.87. The number of benzene rings is 1. The number of ketones is 1. The molecule has 184 valence electrons. The standard InChI is InChI=1S/C28H33N3O4/c1-4-19-15-24-16-23(28(35)31(18(2)3)17-25(32)33)11-14-30(24)26(19)27(34)22-7-5-20(6-8-22)21-9-12-29-13-10-21/h5-8,11,14-16,18,21,29H,4,9-10,12-13,17H2,1-3H3,(H,32,33). The molecule has 7 nitrogen and oxygen atoms in total. The van der Waals surface area contributed by atoms with Gasteiger partial charge in [0.05, 0.1) is 5.69 Å². The first-order chi connectivity index (χ1) is 16.8. The largest absolute Gasteiger partial charge is 0.480 e. The number of pyridine rings is 1. The molecule has 1 aliphatic rings. The van der Waals surface area contributed by atoms with E-state index in [1.165, 1.54) is 10.5 Å². The van der Waals surface area contributed by atoms with Crippen LogP contribution in [0.3, 0.4) is 0 Å². The minimum absolute atomic E-state index is 0.0486. The van der Waals surface area contributed by atoms with E-state index in [-0.39, 0.29) is 24.3 Å². The normalized spacial score (nSPS) is 14.4. The first-order valence-corrected chi connectivity index (χ1v) is 12.3. The fourth-order valence-electron chi connectivity index (χ4n) is 4.89. The molecular formula is C28H33N3O4. The van der Waals surface area contributed by atoms with Crippen LogP contribution in [0.15, 0.2) is 48.7 Å². The van der Waals surface area contributed by atoms with Gasteiger partial charge in [0.2, 0.25) is 5.78 Å². The molecule has 4 rings (SSSR count). The second-order valence-corrected chi connectivity index (χ2v) is 9.48. The quantitative estimate of drug-likeness (QED) is 0.478. The molecule has 1 aromatic carbocycles. The van der Waals surface area contributed by atoms with E-state index < -0.39 is 5.97 Å². The van der Waals surface area contributed by atoms with Crippen molar-refractivity contribution in [3.05, 3.63) is 76.6 Å². The Balaban J connectivity index is 1.64. The lowest BCUT2D eigenvalue weighted by molar-refractivity contribution is -0.138. The van der Waals surface area contributed by atoms with Crippen LogP contribution >= 0.6 is 0 Å². The molecule has 2 aromatic heterocycles. The van der Waals surface area contributed by atoms with Crippen LogP contribution in [0, 0.1) is 0 Å². The summed E-state index contributed by atoms with van der Waals surface area (Å²) < 4.78 is 1.83. The van der Waals surface area contributed by atoms with Gasteiger partial charge in [-0.05, 0) is 81.4 Å². The molecule has 0 aliphatic carbocycles. The van der Waals surface area contributed by atoms with Crippen molar-refractivity contribution in [1.29, 1.82) is 0 Å². The Hall–Kier alpha value is -3.45. The highest BCUT2D eigenvalue weighted by Gasteiger charge is 2.24. The number of nitrogens with zero attached hydrogens (tertiary/aromatic N) is 2. The second kappa shape index (κ2) is 10.4. The SMILES string of the molecule is CCc1cc2cc(C(=O)N(CC(=O)O)C(C)C)ccn2c1C(=O)c1ccc(C2CCNCC2)cc1.